The van der Waals surface area contributed by atoms with E-state index in [1.54, 1.807) is 11.3 Å². The van der Waals surface area contributed by atoms with Crippen LogP contribution in [0.2, 0.25) is 5.28 Å². The lowest BCUT2D eigenvalue weighted by Gasteiger charge is -2.28. The number of morpholine rings is 1. The van der Waals surface area contributed by atoms with E-state index in [2.05, 4.69) is 20.2 Å². The maximum Gasteiger partial charge on any atom is 0.248 e. The van der Waals surface area contributed by atoms with Crippen molar-refractivity contribution < 1.29 is 14.6 Å². The van der Waals surface area contributed by atoms with Crippen molar-refractivity contribution in [2.24, 2.45) is 0 Å². The van der Waals surface area contributed by atoms with Gasteiger partial charge in [0.25, 0.3) is 0 Å². The molecule has 7 nitrogen and oxygen atoms in total. The van der Waals surface area contributed by atoms with Gasteiger partial charge in [-0.25, -0.2) is 4.98 Å². The van der Waals surface area contributed by atoms with E-state index in [9.17, 15) is 9.90 Å². The van der Waals surface area contributed by atoms with Gasteiger partial charge in [0.15, 0.2) is 5.82 Å². The van der Waals surface area contributed by atoms with Gasteiger partial charge in [0.05, 0.1) is 23.4 Å². The molecule has 1 fully saturated rings. The summed E-state index contributed by atoms with van der Waals surface area (Å²) in [5, 5.41) is 12.3. The number of rotatable bonds is 5. The fraction of sp³-hybridized carbons (Fsp3) is 0.381. The van der Waals surface area contributed by atoms with Crippen molar-refractivity contribution in [1.82, 2.24) is 15.3 Å². The summed E-state index contributed by atoms with van der Waals surface area (Å²) in [6, 6.07) is 8.00. The summed E-state index contributed by atoms with van der Waals surface area (Å²) in [4.78, 5) is 24.0. The topological polar surface area (TPSA) is 87.6 Å². The van der Waals surface area contributed by atoms with E-state index >= 15 is 0 Å². The van der Waals surface area contributed by atoms with E-state index in [0.29, 0.717) is 19.8 Å². The van der Waals surface area contributed by atoms with Crippen LogP contribution in [0.3, 0.4) is 0 Å². The minimum Gasteiger partial charge on any atom is -0.384 e. The Bertz CT molecular complexity index is 1080. The number of amides is 1. The molecule has 1 amide bonds. The monoisotopic (exact) mass is 446 g/mol. The molecule has 0 radical (unpaired) electrons. The third-order valence-electron chi connectivity index (χ3n) is 5.07. The summed E-state index contributed by atoms with van der Waals surface area (Å²) in [6.07, 6.45) is -1.03. The molecule has 3 aromatic rings. The molecule has 0 spiro atoms. The number of thiophene rings is 1. The normalized spacial score (nSPS) is 15.4. The molecule has 4 rings (SSSR count). The van der Waals surface area contributed by atoms with Gasteiger partial charge in [-0.15, -0.1) is 11.3 Å². The maximum absolute atomic E-state index is 11.7. The molecule has 1 aliphatic rings. The predicted molar refractivity (Wildman–Crippen MR) is 119 cm³/mol. The molecule has 3 heterocycles. The Labute approximate surface area is 183 Å². The van der Waals surface area contributed by atoms with Gasteiger partial charge >= 0.3 is 0 Å². The molecule has 2 N–H and O–H groups in total. The number of carbonyl (C=O) groups excluding carboxylic acids is 1. The number of aromatic nitrogens is 2. The second-order valence-corrected chi connectivity index (χ2v) is 8.60. The van der Waals surface area contributed by atoms with E-state index in [1.165, 1.54) is 6.92 Å². The summed E-state index contributed by atoms with van der Waals surface area (Å²) in [7, 11) is 0. The third kappa shape index (κ3) is 4.27. The number of nitrogens with zero attached hydrogens (tertiary/aromatic N) is 3. The van der Waals surface area contributed by atoms with E-state index in [-0.39, 0.29) is 5.28 Å². The quantitative estimate of drug-likeness (QED) is 0.585. The van der Waals surface area contributed by atoms with E-state index < -0.39 is 12.0 Å². The SMILES string of the molecule is Cc1c(-c2cccc(CNC(=O)C(C)O)c2)sc2c(N3CCOCC3)nc(Cl)nc12. The average molecular weight is 447 g/mol. The van der Waals surface area contributed by atoms with Crippen LogP contribution in [0.25, 0.3) is 20.7 Å². The van der Waals surface area contributed by atoms with Crippen molar-refractivity contribution in [3.05, 3.63) is 40.7 Å². The maximum atomic E-state index is 11.7. The molecule has 9 heteroatoms. The van der Waals surface area contributed by atoms with Crippen molar-refractivity contribution in [2.45, 2.75) is 26.5 Å². The number of aryl methyl sites for hydroxylation is 1. The van der Waals surface area contributed by atoms with Gasteiger partial charge in [-0.3, -0.25) is 4.79 Å². The number of carbonyl (C=O) groups is 1. The zero-order valence-electron chi connectivity index (χ0n) is 16.8. The van der Waals surface area contributed by atoms with Crippen molar-refractivity contribution in [3.8, 4) is 10.4 Å². The van der Waals surface area contributed by atoms with Gasteiger partial charge in [0.1, 0.15) is 6.10 Å². The summed E-state index contributed by atoms with van der Waals surface area (Å²) >= 11 is 7.91. The zero-order valence-corrected chi connectivity index (χ0v) is 18.4. The molecule has 1 unspecified atom stereocenters. The Morgan fingerprint density at radius 1 is 1.37 bits per heavy atom. The highest BCUT2D eigenvalue weighted by Gasteiger charge is 2.22. The van der Waals surface area contributed by atoms with E-state index in [1.807, 2.05) is 31.2 Å². The predicted octanol–water partition coefficient (Wildman–Crippen LogP) is 3.15. The highest BCUT2D eigenvalue weighted by Crippen LogP contribution is 2.41. The first-order valence-corrected chi connectivity index (χ1v) is 11.0. The number of aliphatic hydroxyl groups is 1. The van der Waals surface area contributed by atoms with Gasteiger partial charge in [0, 0.05) is 24.5 Å². The second kappa shape index (κ2) is 8.85. The number of benzene rings is 1. The largest absolute Gasteiger partial charge is 0.384 e. The smallest absolute Gasteiger partial charge is 0.248 e. The molecule has 1 aliphatic heterocycles. The van der Waals surface area contributed by atoms with Crippen LogP contribution in [0.15, 0.2) is 24.3 Å². The number of nitrogens with one attached hydrogen (secondary N) is 1. The van der Waals surface area contributed by atoms with E-state index in [0.717, 1.165) is 50.7 Å². The second-order valence-electron chi connectivity index (χ2n) is 7.24. The number of hydrogen-bond donors (Lipinski definition) is 2. The van der Waals surface area contributed by atoms with Crippen molar-refractivity contribution >= 4 is 44.9 Å². The van der Waals surface area contributed by atoms with Crippen LogP contribution in [-0.2, 0) is 16.1 Å². The van der Waals surface area contributed by atoms with Crippen molar-refractivity contribution in [1.29, 1.82) is 0 Å². The first kappa shape index (κ1) is 21.0. The summed E-state index contributed by atoms with van der Waals surface area (Å²) in [6.45, 7) is 6.72. The van der Waals surface area contributed by atoms with Gasteiger partial charge in [-0.1, -0.05) is 18.2 Å². The van der Waals surface area contributed by atoms with Gasteiger partial charge in [-0.05, 0) is 48.2 Å². The molecule has 0 bridgehead atoms. The Morgan fingerprint density at radius 2 is 2.13 bits per heavy atom. The molecule has 1 aromatic carbocycles. The number of fused-ring (bicyclic) bond motifs is 1. The molecule has 2 aromatic heterocycles. The molecule has 1 saturated heterocycles. The number of halogens is 1. The number of ether oxygens (including phenoxy) is 1. The molecule has 158 valence electrons. The fourth-order valence-electron chi connectivity index (χ4n) is 3.47. The number of hydrogen-bond acceptors (Lipinski definition) is 7. The summed E-state index contributed by atoms with van der Waals surface area (Å²) in [5.74, 6) is 0.464. The minimum atomic E-state index is -1.03. The van der Waals surface area contributed by atoms with Crippen LogP contribution in [-0.4, -0.2) is 53.4 Å². The van der Waals surface area contributed by atoms with Crippen LogP contribution in [0.1, 0.15) is 18.1 Å². The average Bonchev–Trinajstić information content (AvgIpc) is 3.08. The molecular formula is C21H23ClN4O3S. The lowest BCUT2D eigenvalue weighted by atomic mass is 10.1. The molecule has 0 saturated carbocycles. The van der Waals surface area contributed by atoms with Crippen molar-refractivity contribution in [2.75, 3.05) is 31.2 Å². The van der Waals surface area contributed by atoms with Gasteiger partial charge < -0.3 is 20.1 Å². The Balaban J connectivity index is 1.70. The fourth-order valence-corrected chi connectivity index (χ4v) is 4.90. The molecule has 1 atom stereocenters. The van der Waals surface area contributed by atoms with E-state index in [4.69, 9.17) is 16.3 Å². The summed E-state index contributed by atoms with van der Waals surface area (Å²) in [5.41, 5.74) is 3.92. The Kier molecular flexibility index (Phi) is 6.19. The number of anilines is 1. The van der Waals surface area contributed by atoms with Crippen LogP contribution >= 0.6 is 22.9 Å². The lowest BCUT2D eigenvalue weighted by molar-refractivity contribution is -0.128. The number of aliphatic hydroxyl groups excluding tert-OH is 1. The molecular weight excluding hydrogens is 424 g/mol. The third-order valence-corrected chi connectivity index (χ3v) is 6.56. The Hall–Kier alpha value is -2.26. The lowest BCUT2D eigenvalue weighted by Crippen LogP contribution is -2.36. The van der Waals surface area contributed by atoms with Gasteiger partial charge in [0.2, 0.25) is 11.2 Å². The minimum absolute atomic E-state index is 0.242. The highest BCUT2D eigenvalue weighted by molar-refractivity contribution is 7.23. The zero-order chi connectivity index (χ0) is 21.3. The van der Waals surface area contributed by atoms with Crippen LogP contribution in [0.5, 0.6) is 0 Å². The van der Waals surface area contributed by atoms with Crippen LogP contribution in [0.4, 0.5) is 5.82 Å². The Morgan fingerprint density at radius 3 is 2.87 bits per heavy atom. The van der Waals surface area contributed by atoms with Crippen molar-refractivity contribution in [3.63, 3.8) is 0 Å². The van der Waals surface area contributed by atoms with Crippen LogP contribution in [0, 0.1) is 6.92 Å². The molecule has 30 heavy (non-hydrogen) atoms. The first-order valence-electron chi connectivity index (χ1n) is 9.78. The highest BCUT2D eigenvalue weighted by atomic mass is 35.5. The van der Waals surface area contributed by atoms with Gasteiger partial charge in [-0.2, -0.15) is 4.98 Å². The summed E-state index contributed by atoms with van der Waals surface area (Å²) < 4.78 is 6.48. The standard InChI is InChI=1S/C21H23ClN4O3S/c1-12-16-18(19(25-21(22)24-16)26-6-8-29-9-7-26)30-17(12)15-5-3-4-14(10-15)11-23-20(28)13(2)27/h3-5,10,13,27H,6-9,11H2,1-2H3,(H,23,28). The van der Waals surface area contributed by atoms with Crippen LogP contribution < -0.4 is 10.2 Å². The first-order chi connectivity index (χ1) is 14.4. The molecule has 0 aliphatic carbocycles.